The van der Waals surface area contributed by atoms with Crippen molar-refractivity contribution in [3.63, 3.8) is 0 Å². The highest BCUT2D eigenvalue weighted by Crippen LogP contribution is 2.37. The van der Waals surface area contributed by atoms with Gasteiger partial charge in [-0.25, -0.2) is 0 Å². The molecule has 1 aromatic heterocycles. The number of benzene rings is 1. The highest BCUT2D eigenvalue weighted by atomic mass is 16.5. The van der Waals surface area contributed by atoms with Crippen molar-refractivity contribution < 1.29 is 4.74 Å². The Labute approximate surface area is 108 Å². The smallest absolute Gasteiger partial charge is 0.142 e. The number of rotatable bonds is 2. The quantitative estimate of drug-likeness (QED) is 0.796. The van der Waals surface area contributed by atoms with E-state index < -0.39 is 0 Å². The lowest BCUT2D eigenvalue weighted by Crippen LogP contribution is -2.15. The van der Waals surface area contributed by atoms with Crippen molar-refractivity contribution in [1.82, 2.24) is 10.3 Å². The molecule has 0 fully saturated rings. The van der Waals surface area contributed by atoms with E-state index in [4.69, 9.17) is 4.74 Å². The second-order valence-corrected chi connectivity index (χ2v) is 4.99. The van der Waals surface area contributed by atoms with Gasteiger partial charge >= 0.3 is 0 Å². The first-order chi connectivity index (χ1) is 8.85. The SMILES string of the molecule is CNC1CCCCc2[nH]c3c(OC)cccc3c21. The maximum Gasteiger partial charge on any atom is 0.142 e. The number of ether oxygens (including phenoxy) is 1. The molecule has 0 bridgehead atoms. The van der Waals surface area contributed by atoms with Gasteiger partial charge in [0.05, 0.1) is 12.6 Å². The van der Waals surface area contributed by atoms with Crippen molar-refractivity contribution in [1.29, 1.82) is 0 Å². The van der Waals surface area contributed by atoms with E-state index in [0.29, 0.717) is 6.04 Å². The van der Waals surface area contributed by atoms with E-state index in [1.54, 1.807) is 7.11 Å². The van der Waals surface area contributed by atoms with Crippen LogP contribution in [0.4, 0.5) is 0 Å². The third-order valence-electron chi connectivity index (χ3n) is 4.00. The van der Waals surface area contributed by atoms with E-state index >= 15 is 0 Å². The molecule has 1 atom stereocenters. The van der Waals surface area contributed by atoms with Crippen LogP contribution in [-0.2, 0) is 6.42 Å². The lowest BCUT2D eigenvalue weighted by Gasteiger charge is -2.14. The molecule has 96 valence electrons. The summed E-state index contributed by atoms with van der Waals surface area (Å²) in [6.45, 7) is 0. The fourth-order valence-corrected chi connectivity index (χ4v) is 3.11. The number of H-pyrrole nitrogens is 1. The molecule has 2 aromatic rings. The second-order valence-electron chi connectivity index (χ2n) is 4.99. The monoisotopic (exact) mass is 244 g/mol. The molecule has 1 unspecified atom stereocenters. The Morgan fingerprint density at radius 2 is 2.22 bits per heavy atom. The predicted octanol–water partition coefficient (Wildman–Crippen LogP) is 3.16. The third-order valence-corrected chi connectivity index (χ3v) is 4.00. The van der Waals surface area contributed by atoms with Crippen LogP contribution in [-0.4, -0.2) is 19.1 Å². The summed E-state index contributed by atoms with van der Waals surface area (Å²) in [5, 5.41) is 4.77. The second kappa shape index (κ2) is 4.65. The molecule has 3 heteroatoms. The lowest BCUT2D eigenvalue weighted by atomic mass is 10.0. The van der Waals surface area contributed by atoms with E-state index in [2.05, 4.69) is 29.5 Å². The molecule has 0 radical (unpaired) electrons. The number of para-hydroxylation sites is 1. The summed E-state index contributed by atoms with van der Waals surface area (Å²) in [4.78, 5) is 3.57. The van der Waals surface area contributed by atoms with Crippen molar-refractivity contribution >= 4 is 10.9 Å². The summed E-state index contributed by atoms with van der Waals surface area (Å²) >= 11 is 0. The van der Waals surface area contributed by atoms with Crippen molar-refractivity contribution in [2.45, 2.75) is 31.7 Å². The topological polar surface area (TPSA) is 37.0 Å². The summed E-state index contributed by atoms with van der Waals surface area (Å²) in [7, 11) is 3.79. The zero-order chi connectivity index (χ0) is 12.5. The van der Waals surface area contributed by atoms with Gasteiger partial charge in [-0.05, 0) is 37.9 Å². The van der Waals surface area contributed by atoms with Gasteiger partial charge in [-0.1, -0.05) is 18.6 Å². The largest absolute Gasteiger partial charge is 0.495 e. The molecular formula is C15H20N2O. The molecule has 3 nitrogen and oxygen atoms in total. The Morgan fingerprint density at radius 3 is 3.00 bits per heavy atom. The van der Waals surface area contributed by atoms with E-state index in [1.807, 2.05) is 6.07 Å². The zero-order valence-corrected chi connectivity index (χ0v) is 11.0. The van der Waals surface area contributed by atoms with Crippen LogP contribution in [0.1, 0.15) is 36.6 Å². The Balaban J connectivity index is 2.24. The van der Waals surface area contributed by atoms with Crippen LogP contribution in [0, 0.1) is 0 Å². The van der Waals surface area contributed by atoms with Crippen molar-refractivity contribution in [3.05, 3.63) is 29.5 Å². The van der Waals surface area contributed by atoms with E-state index in [-0.39, 0.29) is 0 Å². The minimum absolute atomic E-state index is 0.461. The van der Waals surface area contributed by atoms with Crippen LogP contribution in [0.2, 0.25) is 0 Å². The molecule has 1 aliphatic rings. The highest BCUT2D eigenvalue weighted by Gasteiger charge is 2.22. The molecule has 0 spiro atoms. The maximum absolute atomic E-state index is 5.45. The summed E-state index contributed by atoms with van der Waals surface area (Å²) in [5.41, 5.74) is 3.97. The number of aromatic nitrogens is 1. The minimum atomic E-state index is 0.461. The number of fused-ring (bicyclic) bond motifs is 3. The van der Waals surface area contributed by atoms with Crippen LogP contribution in [0.25, 0.3) is 10.9 Å². The van der Waals surface area contributed by atoms with Gasteiger partial charge in [0.25, 0.3) is 0 Å². The number of hydrogen-bond donors (Lipinski definition) is 2. The first-order valence-corrected chi connectivity index (χ1v) is 6.70. The molecule has 18 heavy (non-hydrogen) atoms. The molecule has 2 N–H and O–H groups in total. The predicted molar refractivity (Wildman–Crippen MR) is 74.2 cm³/mol. The number of hydrogen-bond acceptors (Lipinski definition) is 2. The zero-order valence-electron chi connectivity index (χ0n) is 11.0. The van der Waals surface area contributed by atoms with Crippen LogP contribution in [0.15, 0.2) is 18.2 Å². The fraction of sp³-hybridized carbons (Fsp3) is 0.467. The van der Waals surface area contributed by atoms with Crippen molar-refractivity contribution in [2.75, 3.05) is 14.2 Å². The highest BCUT2D eigenvalue weighted by molar-refractivity contribution is 5.90. The average Bonchev–Trinajstić information content (AvgIpc) is 2.65. The summed E-state index contributed by atoms with van der Waals surface area (Å²) in [6, 6.07) is 6.76. The first kappa shape index (κ1) is 11.6. The molecule has 1 aromatic carbocycles. The van der Waals surface area contributed by atoms with Gasteiger partial charge in [0.2, 0.25) is 0 Å². The van der Waals surface area contributed by atoms with Gasteiger partial charge in [0.1, 0.15) is 5.75 Å². The molecule has 0 saturated heterocycles. The van der Waals surface area contributed by atoms with Gasteiger partial charge in [-0.15, -0.1) is 0 Å². The van der Waals surface area contributed by atoms with Crippen LogP contribution >= 0.6 is 0 Å². The Kier molecular flexibility index (Phi) is 3.00. The average molecular weight is 244 g/mol. The molecule has 0 amide bonds. The van der Waals surface area contributed by atoms with Crippen LogP contribution < -0.4 is 10.1 Å². The van der Waals surface area contributed by atoms with Gasteiger partial charge in [0, 0.05) is 17.1 Å². The summed E-state index contributed by atoms with van der Waals surface area (Å²) in [5.74, 6) is 0.940. The maximum atomic E-state index is 5.45. The van der Waals surface area contributed by atoms with Gasteiger partial charge < -0.3 is 15.0 Å². The van der Waals surface area contributed by atoms with Gasteiger partial charge in [0.15, 0.2) is 0 Å². The van der Waals surface area contributed by atoms with E-state index in [9.17, 15) is 0 Å². The Morgan fingerprint density at radius 1 is 1.33 bits per heavy atom. The standard InChI is InChI=1S/C15H20N2O/c1-16-11-7-3-4-8-12-14(11)10-6-5-9-13(18-2)15(10)17-12/h5-6,9,11,16-17H,3-4,7-8H2,1-2H3. The number of aryl methyl sites for hydroxylation is 1. The Bertz CT molecular complexity index is 559. The molecule has 0 aliphatic heterocycles. The normalized spacial score (nSPS) is 19.6. The van der Waals surface area contributed by atoms with Crippen LogP contribution in [0.5, 0.6) is 5.75 Å². The fourth-order valence-electron chi connectivity index (χ4n) is 3.11. The minimum Gasteiger partial charge on any atom is -0.495 e. The molecule has 1 aliphatic carbocycles. The van der Waals surface area contributed by atoms with E-state index in [0.717, 1.165) is 17.7 Å². The number of aromatic amines is 1. The number of methoxy groups -OCH3 is 1. The Hall–Kier alpha value is -1.48. The number of nitrogens with one attached hydrogen (secondary N) is 2. The molecule has 0 saturated carbocycles. The van der Waals surface area contributed by atoms with Crippen LogP contribution in [0.3, 0.4) is 0 Å². The van der Waals surface area contributed by atoms with Crippen molar-refractivity contribution in [2.24, 2.45) is 0 Å². The molecule has 3 rings (SSSR count). The van der Waals surface area contributed by atoms with E-state index in [1.165, 1.54) is 35.9 Å². The third kappa shape index (κ3) is 1.70. The van der Waals surface area contributed by atoms with Gasteiger partial charge in [-0.3, -0.25) is 0 Å². The lowest BCUT2D eigenvalue weighted by molar-refractivity contribution is 0.419. The van der Waals surface area contributed by atoms with Gasteiger partial charge in [-0.2, -0.15) is 0 Å². The summed E-state index contributed by atoms with van der Waals surface area (Å²) < 4.78 is 5.45. The summed E-state index contributed by atoms with van der Waals surface area (Å²) in [6.07, 6.45) is 4.92. The first-order valence-electron chi connectivity index (χ1n) is 6.70. The molecule has 1 heterocycles. The van der Waals surface area contributed by atoms with Crippen molar-refractivity contribution in [3.8, 4) is 5.75 Å². The molecular weight excluding hydrogens is 224 g/mol.